The lowest BCUT2D eigenvalue weighted by atomic mass is 10.2. The van der Waals surface area contributed by atoms with Gasteiger partial charge in [0.05, 0.1) is 18.1 Å². The number of hydrogen-bond acceptors (Lipinski definition) is 5. The minimum atomic E-state index is -0.639. The third-order valence-electron chi connectivity index (χ3n) is 3.09. The lowest BCUT2D eigenvalue weighted by molar-refractivity contribution is 0.580. The third kappa shape index (κ3) is 3.96. The molecule has 0 radical (unpaired) electrons. The highest BCUT2D eigenvalue weighted by Gasteiger charge is 2.08. The van der Waals surface area contributed by atoms with Crippen molar-refractivity contribution in [2.24, 2.45) is 7.05 Å². The number of nitrogens with zero attached hydrogens (tertiary/aromatic N) is 4. The number of halogens is 3. The lowest BCUT2D eigenvalue weighted by Gasteiger charge is -2.09. The van der Waals surface area contributed by atoms with Gasteiger partial charge in [0.15, 0.2) is 5.82 Å². The number of aryl methyl sites for hydroxylation is 1. The van der Waals surface area contributed by atoms with Crippen molar-refractivity contribution in [3.63, 3.8) is 0 Å². The molecule has 0 spiro atoms. The fourth-order valence-electron chi connectivity index (χ4n) is 2.06. The third-order valence-corrected chi connectivity index (χ3v) is 3.36. The average Bonchev–Trinajstić information content (AvgIpc) is 2.92. The van der Waals surface area contributed by atoms with Crippen LogP contribution in [0.1, 0.15) is 5.56 Å². The smallest absolute Gasteiger partial charge is 0.229 e. The van der Waals surface area contributed by atoms with Gasteiger partial charge in [-0.2, -0.15) is 10.1 Å². The lowest BCUT2D eigenvalue weighted by Crippen LogP contribution is -2.05. The Balaban J connectivity index is 1.74. The van der Waals surface area contributed by atoms with Crippen LogP contribution in [0, 0.1) is 11.6 Å². The summed E-state index contributed by atoms with van der Waals surface area (Å²) in [7, 11) is 1.79. The molecule has 0 amide bonds. The van der Waals surface area contributed by atoms with E-state index in [-0.39, 0.29) is 6.54 Å². The zero-order valence-electron chi connectivity index (χ0n) is 12.6. The monoisotopic (exact) mass is 350 g/mol. The summed E-state index contributed by atoms with van der Waals surface area (Å²) in [6.45, 7) is 0.164. The van der Waals surface area contributed by atoms with Crippen LogP contribution in [0.2, 0.25) is 5.02 Å². The van der Waals surface area contributed by atoms with Gasteiger partial charge in [-0.15, -0.1) is 0 Å². The largest absolute Gasteiger partial charge is 0.365 e. The highest BCUT2D eigenvalue weighted by molar-refractivity contribution is 6.32. The molecule has 6 nitrogen and oxygen atoms in total. The SMILES string of the molecule is Cn1cc(Nc2ncc(Cl)c(NCc3cc(F)cc(F)c3)n2)cn1. The van der Waals surface area contributed by atoms with Gasteiger partial charge in [0.25, 0.3) is 0 Å². The first-order valence-electron chi connectivity index (χ1n) is 6.96. The maximum Gasteiger partial charge on any atom is 0.229 e. The van der Waals surface area contributed by atoms with E-state index in [1.807, 2.05) is 0 Å². The summed E-state index contributed by atoms with van der Waals surface area (Å²) < 4.78 is 28.0. The van der Waals surface area contributed by atoms with E-state index < -0.39 is 11.6 Å². The Morgan fingerprint density at radius 3 is 2.58 bits per heavy atom. The first-order valence-corrected chi connectivity index (χ1v) is 7.34. The Morgan fingerprint density at radius 1 is 1.17 bits per heavy atom. The molecule has 2 aromatic heterocycles. The van der Waals surface area contributed by atoms with Crippen LogP contribution in [-0.4, -0.2) is 19.7 Å². The minimum absolute atomic E-state index is 0.164. The zero-order valence-corrected chi connectivity index (χ0v) is 13.3. The molecule has 24 heavy (non-hydrogen) atoms. The molecule has 0 saturated heterocycles. The van der Waals surface area contributed by atoms with Gasteiger partial charge < -0.3 is 10.6 Å². The van der Waals surface area contributed by atoms with E-state index in [0.717, 1.165) is 11.8 Å². The minimum Gasteiger partial charge on any atom is -0.365 e. The van der Waals surface area contributed by atoms with Crippen LogP contribution in [0.3, 0.4) is 0 Å². The number of rotatable bonds is 5. The molecular formula is C15H13ClF2N6. The predicted octanol–water partition coefficient (Wildman–Crippen LogP) is 3.50. The molecule has 0 bridgehead atoms. The average molecular weight is 351 g/mol. The zero-order chi connectivity index (χ0) is 17.1. The number of hydrogen-bond donors (Lipinski definition) is 2. The fraction of sp³-hybridized carbons (Fsp3) is 0.133. The van der Waals surface area contributed by atoms with Crippen molar-refractivity contribution in [1.82, 2.24) is 19.7 Å². The second-order valence-electron chi connectivity index (χ2n) is 5.05. The van der Waals surface area contributed by atoms with E-state index in [9.17, 15) is 8.78 Å². The summed E-state index contributed by atoms with van der Waals surface area (Å²) in [5.41, 5.74) is 1.15. The molecule has 2 heterocycles. The fourth-order valence-corrected chi connectivity index (χ4v) is 2.22. The maximum atomic E-state index is 13.2. The Bertz CT molecular complexity index is 847. The molecule has 3 aromatic rings. The standard InChI is InChI=1S/C15H13ClF2N6/c1-24-8-12(6-21-24)22-15-20-7-13(16)14(23-15)19-5-9-2-10(17)4-11(18)3-9/h2-4,6-8H,5H2,1H3,(H2,19,20,22,23). The van der Waals surface area contributed by atoms with Crippen LogP contribution in [0.15, 0.2) is 36.8 Å². The second kappa shape index (κ2) is 6.79. The topological polar surface area (TPSA) is 67.7 Å². The number of nitrogens with one attached hydrogen (secondary N) is 2. The van der Waals surface area contributed by atoms with Crippen LogP contribution in [0.25, 0.3) is 0 Å². The molecule has 0 aliphatic rings. The van der Waals surface area contributed by atoms with Crippen molar-refractivity contribution in [3.05, 3.63) is 59.0 Å². The molecule has 1 aromatic carbocycles. The van der Waals surface area contributed by atoms with Crippen molar-refractivity contribution in [2.45, 2.75) is 6.54 Å². The van der Waals surface area contributed by atoms with Gasteiger partial charge in [-0.3, -0.25) is 4.68 Å². The molecule has 2 N–H and O–H groups in total. The van der Waals surface area contributed by atoms with E-state index >= 15 is 0 Å². The molecule has 0 unspecified atom stereocenters. The van der Waals surface area contributed by atoms with Crippen molar-refractivity contribution in [3.8, 4) is 0 Å². The molecule has 0 aliphatic heterocycles. The summed E-state index contributed by atoms with van der Waals surface area (Å²) in [5.74, 6) is -0.609. The molecule has 0 atom stereocenters. The Labute approximate surface area is 141 Å². The van der Waals surface area contributed by atoms with Crippen molar-refractivity contribution < 1.29 is 8.78 Å². The van der Waals surface area contributed by atoms with E-state index in [0.29, 0.717) is 22.4 Å². The summed E-state index contributed by atoms with van der Waals surface area (Å²) in [6.07, 6.45) is 4.82. The molecule has 0 aliphatic carbocycles. The van der Waals surface area contributed by atoms with Crippen LogP contribution >= 0.6 is 11.6 Å². The van der Waals surface area contributed by atoms with E-state index in [2.05, 4.69) is 25.7 Å². The van der Waals surface area contributed by atoms with Gasteiger partial charge in [-0.1, -0.05) is 11.6 Å². The van der Waals surface area contributed by atoms with Crippen molar-refractivity contribution >= 4 is 29.1 Å². The Morgan fingerprint density at radius 2 is 1.92 bits per heavy atom. The summed E-state index contributed by atoms with van der Waals surface area (Å²) in [6, 6.07) is 3.29. The molecule has 9 heteroatoms. The van der Waals surface area contributed by atoms with E-state index in [4.69, 9.17) is 11.6 Å². The predicted molar refractivity (Wildman–Crippen MR) is 87.2 cm³/mol. The second-order valence-corrected chi connectivity index (χ2v) is 5.46. The number of benzene rings is 1. The molecular weight excluding hydrogens is 338 g/mol. The van der Waals surface area contributed by atoms with Crippen LogP contribution < -0.4 is 10.6 Å². The maximum absolute atomic E-state index is 13.2. The highest BCUT2D eigenvalue weighted by Crippen LogP contribution is 2.22. The van der Waals surface area contributed by atoms with Gasteiger partial charge in [-0.25, -0.2) is 13.8 Å². The van der Waals surface area contributed by atoms with E-state index in [1.165, 1.54) is 18.3 Å². The number of aromatic nitrogens is 4. The van der Waals surface area contributed by atoms with Crippen LogP contribution in [0.4, 0.5) is 26.2 Å². The Hall–Kier alpha value is -2.74. The highest BCUT2D eigenvalue weighted by atomic mass is 35.5. The summed E-state index contributed by atoms with van der Waals surface area (Å²) >= 11 is 6.05. The summed E-state index contributed by atoms with van der Waals surface area (Å²) in [4.78, 5) is 8.32. The quantitative estimate of drug-likeness (QED) is 0.737. The molecule has 124 valence electrons. The van der Waals surface area contributed by atoms with E-state index in [1.54, 1.807) is 24.1 Å². The Kier molecular flexibility index (Phi) is 4.57. The molecule has 0 fully saturated rings. The first kappa shape index (κ1) is 16.1. The summed E-state index contributed by atoms with van der Waals surface area (Å²) in [5, 5.41) is 10.2. The number of anilines is 3. The van der Waals surface area contributed by atoms with Crippen LogP contribution in [-0.2, 0) is 13.6 Å². The van der Waals surface area contributed by atoms with Crippen LogP contribution in [0.5, 0.6) is 0 Å². The molecule has 3 rings (SSSR count). The van der Waals surface area contributed by atoms with Gasteiger partial charge in [0.2, 0.25) is 5.95 Å². The van der Waals surface area contributed by atoms with Gasteiger partial charge in [0, 0.05) is 25.9 Å². The molecule has 0 saturated carbocycles. The van der Waals surface area contributed by atoms with Gasteiger partial charge >= 0.3 is 0 Å². The normalized spacial score (nSPS) is 10.7. The van der Waals surface area contributed by atoms with Crippen molar-refractivity contribution in [2.75, 3.05) is 10.6 Å². The van der Waals surface area contributed by atoms with Gasteiger partial charge in [-0.05, 0) is 17.7 Å². The van der Waals surface area contributed by atoms with Crippen molar-refractivity contribution in [1.29, 1.82) is 0 Å². The first-order chi connectivity index (χ1) is 11.5. The van der Waals surface area contributed by atoms with Gasteiger partial charge in [0.1, 0.15) is 16.7 Å².